The largest absolute Gasteiger partial charge is 0.395 e. The van der Waals surface area contributed by atoms with Crippen molar-refractivity contribution in [3.8, 4) is 0 Å². The van der Waals surface area contributed by atoms with E-state index < -0.39 is 0 Å². The fourth-order valence-electron chi connectivity index (χ4n) is 2.15. The van der Waals surface area contributed by atoms with E-state index in [4.69, 9.17) is 16.7 Å². The van der Waals surface area contributed by atoms with Crippen molar-refractivity contribution in [3.05, 3.63) is 33.3 Å². The number of aliphatic hydroxyl groups is 1. The van der Waals surface area contributed by atoms with Crippen LogP contribution in [0.3, 0.4) is 0 Å². The number of nitrogens with zero attached hydrogens (tertiary/aromatic N) is 2. The lowest BCUT2D eigenvalue weighted by Crippen LogP contribution is -2.49. The third kappa shape index (κ3) is 3.69. The van der Waals surface area contributed by atoms with Crippen molar-refractivity contribution in [2.75, 3.05) is 39.3 Å². The number of aliphatic hydroxyl groups excluding tert-OH is 1. The molecule has 6 heteroatoms. The summed E-state index contributed by atoms with van der Waals surface area (Å²) in [5.41, 5.74) is 0.600. The highest BCUT2D eigenvalue weighted by Gasteiger charge is 2.23. The van der Waals surface area contributed by atoms with Crippen molar-refractivity contribution in [2.24, 2.45) is 0 Å². The average molecular weight is 348 g/mol. The van der Waals surface area contributed by atoms with Crippen LogP contribution in [0.15, 0.2) is 22.7 Å². The molecule has 1 amide bonds. The van der Waals surface area contributed by atoms with Gasteiger partial charge in [0.2, 0.25) is 0 Å². The summed E-state index contributed by atoms with van der Waals surface area (Å²) in [5.74, 6) is -0.00183. The fourth-order valence-corrected chi connectivity index (χ4v) is 2.74. The first-order valence-corrected chi connectivity index (χ1v) is 7.36. The van der Waals surface area contributed by atoms with E-state index in [0.29, 0.717) is 30.2 Å². The summed E-state index contributed by atoms with van der Waals surface area (Å²) in [6.07, 6.45) is 0. The Labute approximate surface area is 126 Å². The molecule has 0 saturated carbocycles. The molecule has 1 saturated heterocycles. The first-order valence-electron chi connectivity index (χ1n) is 6.19. The Morgan fingerprint density at radius 3 is 2.63 bits per heavy atom. The second kappa shape index (κ2) is 6.70. The lowest BCUT2D eigenvalue weighted by atomic mass is 10.2. The van der Waals surface area contributed by atoms with Crippen LogP contribution >= 0.6 is 27.5 Å². The maximum Gasteiger partial charge on any atom is 0.255 e. The van der Waals surface area contributed by atoms with Crippen molar-refractivity contribution in [1.29, 1.82) is 0 Å². The number of hydrogen-bond acceptors (Lipinski definition) is 3. The van der Waals surface area contributed by atoms with Crippen LogP contribution < -0.4 is 0 Å². The van der Waals surface area contributed by atoms with Gasteiger partial charge < -0.3 is 10.0 Å². The number of rotatable bonds is 3. The highest BCUT2D eigenvalue weighted by Crippen LogP contribution is 2.23. The van der Waals surface area contributed by atoms with Crippen molar-refractivity contribution in [1.82, 2.24) is 9.80 Å². The minimum absolute atomic E-state index is 0.00183. The molecule has 0 aromatic heterocycles. The Morgan fingerprint density at radius 1 is 1.32 bits per heavy atom. The Balaban J connectivity index is 2.03. The van der Waals surface area contributed by atoms with Gasteiger partial charge >= 0.3 is 0 Å². The van der Waals surface area contributed by atoms with Crippen LogP contribution in [0.1, 0.15) is 10.4 Å². The number of carbonyl (C=O) groups excluding carboxylic acids is 1. The topological polar surface area (TPSA) is 43.8 Å². The smallest absolute Gasteiger partial charge is 0.255 e. The Morgan fingerprint density at radius 2 is 2.00 bits per heavy atom. The zero-order chi connectivity index (χ0) is 13.8. The van der Waals surface area contributed by atoms with Gasteiger partial charge in [-0.05, 0) is 34.1 Å². The Bertz CT molecular complexity index is 462. The van der Waals surface area contributed by atoms with Crippen molar-refractivity contribution < 1.29 is 9.90 Å². The van der Waals surface area contributed by atoms with Gasteiger partial charge in [-0.15, -0.1) is 0 Å². The molecule has 0 spiro atoms. The molecule has 1 fully saturated rings. The summed E-state index contributed by atoms with van der Waals surface area (Å²) in [5, 5.41) is 9.46. The molecule has 0 atom stereocenters. The van der Waals surface area contributed by atoms with Gasteiger partial charge in [0, 0.05) is 42.2 Å². The zero-order valence-corrected chi connectivity index (χ0v) is 12.8. The van der Waals surface area contributed by atoms with Gasteiger partial charge in [-0.25, -0.2) is 0 Å². The molecule has 0 bridgehead atoms. The van der Waals surface area contributed by atoms with Crippen LogP contribution in [0, 0.1) is 0 Å². The second-order valence-electron chi connectivity index (χ2n) is 4.48. The first kappa shape index (κ1) is 14.8. The van der Waals surface area contributed by atoms with Gasteiger partial charge in [0.25, 0.3) is 5.91 Å². The van der Waals surface area contributed by atoms with E-state index in [0.717, 1.165) is 17.6 Å². The molecule has 1 aliphatic heterocycles. The van der Waals surface area contributed by atoms with E-state index >= 15 is 0 Å². The van der Waals surface area contributed by atoms with E-state index in [-0.39, 0.29) is 12.5 Å². The van der Waals surface area contributed by atoms with Crippen LogP contribution in [0.25, 0.3) is 0 Å². The SMILES string of the molecule is O=C(c1cc(Cl)ccc1Br)N1CCN(CCO)CC1. The monoisotopic (exact) mass is 346 g/mol. The molecule has 1 aromatic carbocycles. The van der Waals surface area contributed by atoms with Crippen molar-refractivity contribution in [3.63, 3.8) is 0 Å². The molecule has 0 aliphatic carbocycles. The van der Waals surface area contributed by atoms with Gasteiger partial charge in [0.15, 0.2) is 0 Å². The highest BCUT2D eigenvalue weighted by molar-refractivity contribution is 9.10. The van der Waals surface area contributed by atoms with Crippen molar-refractivity contribution in [2.45, 2.75) is 0 Å². The number of hydrogen-bond donors (Lipinski definition) is 1. The van der Waals surface area contributed by atoms with Gasteiger partial charge in [-0.3, -0.25) is 9.69 Å². The molecule has 1 aliphatic rings. The van der Waals surface area contributed by atoms with E-state index in [1.165, 1.54) is 0 Å². The number of amides is 1. The van der Waals surface area contributed by atoms with Crippen molar-refractivity contribution >= 4 is 33.4 Å². The summed E-state index contributed by atoms with van der Waals surface area (Å²) in [7, 11) is 0. The molecule has 1 heterocycles. The quantitative estimate of drug-likeness (QED) is 0.907. The van der Waals surface area contributed by atoms with Crippen LogP contribution in [0.5, 0.6) is 0 Å². The zero-order valence-electron chi connectivity index (χ0n) is 10.5. The summed E-state index contributed by atoms with van der Waals surface area (Å²) in [6, 6.07) is 5.23. The maximum absolute atomic E-state index is 12.4. The predicted molar refractivity (Wildman–Crippen MR) is 78.6 cm³/mol. The molecule has 19 heavy (non-hydrogen) atoms. The summed E-state index contributed by atoms with van der Waals surface area (Å²) in [4.78, 5) is 16.4. The predicted octanol–water partition coefficient (Wildman–Crippen LogP) is 1.85. The first-order chi connectivity index (χ1) is 9.11. The molecule has 0 radical (unpaired) electrons. The molecule has 4 nitrogen and oxygen atoms in total. The number of piperazine rings is 1. The fraction of sp³-hybridized carbons (Fsp3) is 0.462. The Hall–Kier alpha value is -0.620. The lowest BCUT2D eigenvalue weighted by molar-refractivity contribution is 0.0614. The standard InChI is InChI=1S/C13H16BrClN2O2/c14-12-2-1-10(15)9-11(12)13(19)17-5-3-16(4-6-17)7-8-18/h1-2,9,18H,3-8H2. The van der Waals surface area contributed by atoms with Crippen LogP contribution in [-0.2, 0) is 0 Å². The molecule has 104 valence electrons. The maximum atomic E-state index is 12.4. The number of β-amino-alcohol motifs (C(OH)–C–C–N with tert-alkyl or cyclic N) is 1. The molecular formula is C13H16BrClN2O2. The summed E-state index contributed by atoms with van der Waals surface area (Å²) in [6.45, 7) is 3.78. The molecule has 2 rings (SSSR count). The third-order valence-electron chi connectivity index (χ3n) is 3.23. The second-order valence-corrected chi connectivity index (χ2v) is 5.77. The minimum Gasteiger partial charge on any atom is -0.395 e. The normalized spacial score (nSPS) is 16.7. The average Bonchev–Trinajstić information content (AvgIpc) is 2.42. The third-order valence-corrected chi connectivity index (χ3v) is 4.16. The number of halogens is 2. The molecule has 0 unspecified atom stereocenters. The lowest BCUT2D eigenvalue weighted by Gasteiger charge is -2.34. The molecule has 1 aromatic rings. The van der Waals surface area contributed by atoms with E-state index in [1.54, 1.807) is 18.2 Å². The number of benzene rings is 1. The van der Waals surface area contributed by atoms with Crippen LogP contribution in [0.2, 0.25) is 5.02 Å². The molecular weight excluding hydrogens is 332 g/mol. The molecule has 1 N–H and O–H groups in total. The van der Waals surface area contributed by atoms with Gasteiger partial charge in [0.1, 0.15) is 0 Å². The minimum atomic E-state index is -0.00183. The van der Waals surface area contributed by atoms with Crippen LogP contribution in [0.4, 0.5) is 0 Å². The van der Waals surface area contributed by atoms with Gasteiger partial charge in [-0.1, -0.05) is 11.6 Å². The summed E-state index contributed by atoms with van der Waals surface area (Å²) < 4.78 is 0.764. The van der Waals surface area contributed by atoms with Crippen LogP contribution in [-0.4, -0.2) is 60.1 Å². The van der Waals surface area contributed by atoms with E-state index in [9.17, 15) is 4.79 Å². The van der Waals surface area contributed by atoms with E-state index in [2.05, 4.69) is 20.8 Å². The highest BCUT2D eigenvalue weighted by atomic mass is 79.9. The number of carbonyl (C=O) groups is 1. The van der Waals surface area contributed by atoms with E-state index in [1.807, 2.05) is 4.90 Å². The summed E-state index contributed by atoms with van der Waals surface area (Å²) >= 11 is 9.32. The Kier molecular flexibility index (Phi) is 5.21. The van der Waals surface area contributed by atoms with Gasteiger partial charge in [-0.2, -0.15) is 0 Å². The van der Waals surface area contributed by atoms with Gasteiger partial charge in [0.05, 0.1) is 12.2 Å².